The van der Waals surface area contributed by atoms with Crippen LogP contribution in [0, 0.1) is 0 Å². The quantitative estimate of drug-likeness (QED) is 0.296. The van der Waals surface area contributed by atoms with Crippen molar-refractivity contribution in [3.63, 3.8) is 0 Å². The number of amides is 1. The highest BCUT2D eigenvalue weighted by atomic mass is 35.5. The highest BCUT2D eigenvalue weighted by Gasteiger charge is 2.38. The molecule has 202 valence electrons. The fraction of sp³-hybridized carbons (Fsp3) is 0.261. The molecule has 0 aliphatic carbocycles. The number of nitrogens with zero attached hydrogens (tertiary/aromatic N) is 6. The van der Waals surface area contributed by atoms with Crippen LogP contribution in [0.1, 0.15) is 16.1 Å². The Balaban J connectivity index is 0.00000127. The molecule has 38 heavy (non-hydrogen) atoms. The topological polar surface area (TPSA) is 130 Å². The molecule has 4 rings (SSSR count). The molecule has 0 aliphatic heterocycles. The van der Waals surface area contributed by atoms with Gasteiger partial charge in [0, 0.05) is 37.9 Å². The molecule has 0 aliphatic rings. The summed E-state index contributed by atoms with van der Waals surface area (Å²) in [5.41, 5.74) is 0.296. The summed E-state index contributed by atoms with van der Waals surface area (Å²) in [6, 6.07) is 4.75. The third-order valence-electron chi connectivity index (χ3n) is 5.21. The Bertz CT molecular complexity index is 1440. The van der Waals surface area contributed by atoms with Crippen molar-refractivity contribution in [1.82, 2.24) is 34.4 Å². The van der Waals surface area contributed by atoms with Crippen molar-refractivity contribution >= 4 is 41.1 Å². The molecule has 15 heteroatoms. The highest BCUT2D eigenvalue weighted by molar-refractivity contribution is 6.34. The minimum absolute atomic E-state index is 0.0844. The van der Waals surface area contributed by atoms with Crippen LogP contribution in [-0.4, -0.2) is 74.2 Å². The Hall–Kier alpha value is -4.17. The number of nitrogens with one attached hydrogen (secondary N) is 2. The van der Waals surface area contributed by atoms with Crippen LogP contribution >= 0.6 is 11.6 Å². The van der Waals surface area contributed by atoms with Crippen LogP contribution in [0.3, 0.4) is 0 Å². The zero-order valence-corrected chi connectivity index (χ0v) is 21.2. The summed E-state index contributed by atoms with van der Waals surface area (Å²) < 4.78 is 44.2. The lowest BCUT2D eigenvalue weighted by Crippen LogP contribution is -2.19. The van der Waals surface area contributed by atoms with E-state index in [1.54, 1.807) is 18.2 Å². The summed E-state index contributed by atoms with van der Waals surface area (Å²) in [5.74, 6) is -0.0256. The maximum atomic E-state index is 13.8. The number of aromatic nitrogens is 5. The van der Waals surface area contributed by atoms with Crippen LogP contribution in [0.4, 0.5) is 24.7 Å². The molecule has 0 fully saturated rings. The SMILES string of the molecule is CNC(=O)c1ccc(Nc2nccn3c(-c4cn(CCN(C)C)nc4C(F)(F)F)cnc23)cc1Cl.O=CO. The number of hydrogen-bond donors (Lipinski definition) is 3. The third-order valence-corrected chi connectivity index (χ3v) is 5.53. The summed E-state index contributed by atoms with van der Waals surface area (Å²) >= 11 is 6.22. The average Bonchev–Trinajstić information content (AvgIpc) is 3.48. The van der Waals surface area contributed by atoms with E-state index < -0.39 is 11.9 Å². The van der Waals surface area contributed by atoms with Gasteiger partial charge in [-0.2, -0.15) is 18.3 Å². The fourth-order valence-corrected chi connectivity index (χ4v) is 3.76. The van der Waals surface area contributed by atoms with E-state index in [4.69, 9.17) is 21.5 Å². The molecule has 11 nitrogen and oxygen atoms in total. The van der Waals surface area contributed by atoms with Gasteiger partial charge in [0.2, 0.25) is 0 Å². The van der Waals surface area contributed by atoms with Gasteiger partial charge in [0.15, 0.2) is 17.2 Å². The molecule has 0 atom stereocenters. The summed E-state index contributed by atoms with van der Waals surface area (Å²) in [4.78, 5) is 30.7. The third kappa shape index (κ3) is 6.39. The van der Waals surface area contributed by atoms with E-state index in [0.29, 0.717) is 35.8 Å². The first-order valence-corrected chi connectivity index (χ1v) is 11.4. The number of rotatable bonds is 7. The Morgan fingerprint density at radius 3 is 2.58 bits per heavy atom. The van der Waals surface area contributed by atoms with Gasteiger partial charge in [0.25, 0.3) is 12.4 Å². The number of imidazole rings is 1. The standard InChI is InChI=1S/C22H22ClF3N8O.CH2O2/c1-27-21(35)14-5-4-13(10-16(14)23)30-19-20-29-11-17(34(20)7-6-28-19)15-12-33(9-8-32(2)3)31-18(15)22(24,25)26;2-1-3/h4-7,10-12H,8-9H2,1-3H3,(H,27,35)(H,28,30);1H,(H,2,3). The summed E-state index contributed by atoms with van der Waals surface area (Å²) in [6.45, 7) is 0.582. The van der Waals surface area contributed by atoms with Crippen LogP contribution in [-0.2, 0) is 17.5 Å². The molecule has 0 spiro atoms. The molecule has 1 amide bonds. The lowest BCUT2D eigenvalue weighted by Gasteiger charge is -2.10. The van der Waals surface area contributed by atoms with Gasteiger partial charge < -0.3 is 20.6 Å². The van der Waals surface area contributed by atoms with E-state index in [-0.39, 0.29) is 28.7 Å². The molecule has 0 unspecified atom stereocenters. The Labute approximate surface area is 219 Å². The lowest BCUT2D eigenvalue weighted by atomic mass is 10.2. The largest absolute Gasteiger partial charge is 0.483 e. The molecule has 0 radical (unpaired) electrons. The van der Waals surface area contributed by atoms with Crippen molar-refractivity contribution in [2.24, 2.45) is 0 Å². The zero-order valence-electron chi connectivity index (χ0n) is 20.5. The van der Waals surface area contributed by atoms with Crippen LogP contribution in [0.25, 0.3) is 16.9 Å². The number of anilines is 2. The van der Waals surface area contributed by atoms with E-state index in [1.165, 1.54) is 40.9 Å². The predicted octanol–water partition coefficient (Wildman–Crippen LogP) is 3.63. The normalized spacial score (nSPS) is 11.3. The summed E-state index contributed by atoms with van der Waals surface area (Å²) in [6.07, 6.45) is 1.07. The van der Waals surface area contributed by atoms with Crippen LogP contribution in [0.2, 0.25) is 5.02 Å². The number of alkyl halides is 3. The van der Waals surface area contributed by atoms with E-state index in [1.807, 2.05) is 19.0 Å². The van der Waals surface area contributed by atoms with Crippen molar-refractivity contribution < 1.29 is 27.9 Å². The predicted molar refractivity (Wildman–Crippen MR) is 135 cm³/mol. The molecular weight excluding hydrogens is 529 g/mol. The molecule has 0 bridgehead atoms. The maximum Gasteiger partial charge on any atom is 0.435 e. The van der Waals surface area contributed by atoms with Gasteiger partial charge in [-0.3, -0.25) is 18.7 Å². The van der Waals surface area contributed by atoms with Gasteiger partial charge in [-0.25, -0.2) is 9.97 Å². The summed E-state index contributed by atoms with van der Waals surface area (Å²) in [5, 5.41) is 16.5. The molecule has 3 heterocycles. The number of likely N-dealkylation sites (N-methyl/N-ethyl adjacent to an activating group) is 1. The molecule has 0 saturated heterocycles. The summed E-state index contributed by atoms with van der Waals surface area (Å²) in [7, 11) is 5.17. The minimum Gasteiger partial charge on any atom is -0.483 e. The van der Waals surface area contributed by atoms with Gasteiger partial charge >= 0.3 is 6.18 Å². The number of carboxylic acid groups (broad SMARTS) is 1. The molecule has 3 aromatic heterocycles. The highest BCUT2D eigenvalue weighted by Crippen LogP contribution is 2.37. The molecule has 3 N–H and O–H groups in total. The zero-order chi connectivity index (χ0) is 28.0. The Kier molecular flexibility index (Phi) is 8.91. The van der Waals surface area contributed by atoms with E-state index in [0.717, 1.165) is 0 Å². The van der Waals surface area contributed by atoms with Gasteiger partial charge in [-0.05, 0) is 32.3 Å². The average molecular weight is 553 g/mol. The number of carbonyl (C=O) groups is 2. The number of carbonyl (C=O) groups excluding carboxylic acids is 1. The van der Waals surface area contributed by atoms with E-state index in [2.05, 4.69) is 25.7 Å². The van der Waals surface area contributed by atoms with Crippen LogP contribution < -0.4 is 10.6 Å². The Morgan fingerprint density at radius 1 is 1.26 bits per heavy atom. The Morgan fingerprint density at radius 2 is 1.97 bits per heavy atom. The second kappa shape index (κ2) is 11.9. The van der Waals surface area contributed by atoms with Gasteiger partial charge in [-0.1, -0.05) is 11.6 Å². The first-order chi connectivity index (χ1) is 18.0. The van der Waals surface area contributed by atoms with Gasteiger partial charge in [0.05, 0.1) is 34.6 Å². The van der Waals surface area contributed by atoms with Gasteiger partial charge in [-0.15, -0.1) is 0 Å². The number of hydrogen-bond acceptors (Lipinski definition) is 7. The van der Waals surface area contributed by atoms with E-state index >= 15 is 0 Å². The van der Waals surface area contributed by atoms with Crippen molar-refractivity contribution in [2.75, 3.05) is 33.0 Å². The maximum absolute atomic E-state index is 13.8. The first kappa shape index (κ1) is 28.4. The smallest absolute Gasteiger partial charge is 0.435 e. The molecule has 4 aromatic rings. The lowest BCUT2D eigenvalue weighted by molar-refractivity contribution is -0.141. The van der Waals surface area contributed by atoms with Crippen LogP contribution in [0.5, 0.6) is 0 Å². The minimum atomic E-state index is -4.64. The molecule has 0 saturated carbocycles. The second-order valence-electron chi connectivity index (χ2n) is 8.07. The number of fused-ring (bicyclic) bond motifs is 1. The molecular formula is C23H24ClF3N8O3. The van der Waals surface area contributed by atoms with Crippen molar-refractivity contribution in [3.05, 3.63) is 59.3 Å². The van der Waals surface area contributed by atoms with Gasteiger partial charge in [0.1, 0.15) is 0 Å². The van der Waals surface area contributed by atoms with Crippen molar-refractivity contribution in [2.45, 2.75) is 12.7 Å². The van der Waals surface area contributed by atoms with Crippen LogP contribution in [0.15, 0.2) is 43.0 Å². The monoisotopic (exact) mass is 552 g/mol. The molecule has 1 aromatic carbocycles. The first-order valence-electron chi connectivity index (χ1n) is 11.0. The second-order valence-corrected chi connectivity index (χ2v) is 8.48. The fourth-order valence-electron chi connectivity index (χ4n) is 3.49. The van der Waals surface area contributed by atoms with Crippen molar-refractivity contribution in [1.29, 1.82) is 0 Å². The number of halogens is 4. The van der Waals surface area contributed by atoms with E-state index in [9.17, 15) is 18.0 Å². The van der Waals surface area contributed by atoms with Crippen molar-refractivity contribution in [3.8, 4) is 11.3 Å². The number of benzene rings is 1.